The Morgan fingerprint density at radius 2 is 1.69 bits per heavy atom. The molecule has 1 heterocycles. The minimum Gasteiger partial charge on any atom is -0.289 e. The number of carbonyl (C=O) groups is 1. The summed E-state index contributed by atoms with van der Waals surface area (Å²) in [6.45, 7) is 4.14. The van der Waals surface area contributed by atoms with Crippen LogP contribution in [0.4, 0.5) is 5.69 Å². The zero-order chi connectivity index (χ0) is 21.0. The fraction of sp³-hybridized carbons (Fsp3) is 0.143. The lowest BCUT2D eigenvalue weighted by molar-refractivity contribution is 0.103. The molecule has 2 aromatic carbocycles. The van der Waals surface area contributed by atoms with E-state index in [9.17, 15) is 13.2 Å². The van der Waals surface area contributed by atoms with Crippen LogP contribution in [0, 0.1) is 0 Å². The summed E-state index contributed by atoms with van der Waals surface area (Å²) in [5.74, 6) is -0.351. The number of anilines is 1. The van der Waals surface area contributed by atoms with Gasteiger partial charge in [-0.1, -0.05) is 25.4 Å². The first-order valence-electron chi connectivity index (χ1n) is 8.80. The highest BCUT2D eigenvalue weighted by Gasteiger charge is 2.20. The molecule has 1 N–H and O–H groups in total. The quantitative estimate of drug-likeness (QED) is 0.395. The maximum atomic E-state index is 12.9. The summed E-state index contributed by atoms with van der Waals surface area (Å²) in [6, 6.07) is 14.2. The SMILES string of the molecule is CC(C)Sc1ccc(S(=O)(=O)Nc2ccc(Cl)cc2C(=O)c2ccncc2)cc1. The van der Waals surface area contributed by atoms with E-state index in [1.54, 1.807) is 48.2 Å². The number of aromatic nitrogens is 1. The van der Waals surface area contributed by atoms with Gasteiger partial charge < -0.3 is 0 Å². The van der Waals surface area contributed by atoms with Crippen molar-refractivity contribution in [3.8, 4) is 0 Å². The zero-order valence-electron chi connectivity index (χ0n) is 15.8. The van der Waals surface area contributed by atoms with Gasteiger partial charge in [0.1, 0.15) is 0 Å². The van der Waals surface area contributed by atoms with Gasteiger partial charge in [0.2, 0.25) is 0 Å². The van der Waals surface area contributed by atoms with Crippen molar-refractivity contribution in [1.29, 1.82) is 0 Å². The van der Waals surface area contributed by atoms with Gasteiger partial charge >= 0.3 is 0 Å². The van der Waals surface area contributed by atoms with Gasteiger partial charge in [-0.2, -0.15) is 0 Å². The number of nitrogens with zero attached hydrogens (tertiary/aromatic N) is 1. The van der Waals surface area contributed by atoms with Crippen LogP contribution in [0.15, 0.2) is 76.8 Å². The lowest BCUT2D eigenvalue weighted by atomic mass is 10.0. The number of benzene rings is 2. The molecule has 0 saturated heterocycles. The van der Waals surface area contributed by atoms with Crippen LogP contribution in [0.2, 0.25) is 5.02 Å². The molecule has 29 heavy (non-hydrogen) atoms. The van der Waals surface area contributed by atoms with Crippen molar-refractivity contribution in [2.45, 2.75) is 28.9 Å². The van der Waals surface area contributed by atoms with Crippen molar-refractivity contribution in [1.82, 2.24) is 4.98 Å². The summed E-state index contributed by atoms with van der Waals surface area (Å²) >= 11 is 7.70. The normalized spacial score (nSPS) is 11.4. The minimum atomic E-state index is -3.88. The highest BCUT2D eigenvalue weighted by molar-refractivity contribution is 7.99. The Balaban J connectivity index is 1.92. The second-order valence-electron chi connectivity index (χ2n) is 6.50. The van der Waals surface area contributed by atoms with Crippen LogP contribution in [0.25, 0.3) is 0 Å². The number of sulfonamides is 1. The van der Waals surface area contributed by atoms with Crippen LogP contribution in [-0.4, -0.2) is 24.4 Å². The number of carbonyl (C=O) groups excluding carboxylic acids is 1. The summed E-state index contributed by atoms with van der Waals surface area (Å²) in [4.78, 5) is 17.9. The number of pyridine rings is 1. The Morgan fingerprint density at radius 3 is 2.31 bits per heavy atom. The Labute approximate surface area is 179 Å². The van der Waals surface area contributed by atoms with Crippen LogP contribution in [0.1, 0.15) is 29.8 Å². The first-order valence-corrected chi connectivity index (χ1v) is 11.5. The fourth-order valence-electron chi connectivity index (χ4n) is 2.63. The third-order valence-electron chi connectivity index (χ3n) is 3.92. The maximum absolute atomic E-state index is 12.9. The van der Waals surface area contributed by atoms with Gasteiger partial charge in [-0.25, -0.2) is 8.42 Å². The highest BCUT2D eigenvalue weighted by Crippen LogP contribution is 2.28. The molecule has 5 nitrogen and oxygen atoms in total. The largest absolute Gasteiger partial charge is 0.289 e. The van der Waals surface area contributed by atoms with Crippen LogP contribution in [0.5, 0.6) is 0 Å². The number of rotatable bonds is 7. The van der Waals surface area contributed by atoms with E-state index in [4.69, 9.17) is 11.6 Å². The van der Waals surface area contributed by atoms with Crippen molar-refractivity contribution < 1.29 is 13.2 Å². The lowest BCUT2D eigenvalue weighted by Gasteiger charge is -2.13. The van der Waals surface area contributed by atoms with Gasteiger partial charge in [0.05, 0.1) is 10.6 Å². The molecule has 150 valence electrons. The molecule has 0 spiro atoms. The van der Waals surface area contributed by atoms with Crippen molar-refractivity contribution in [3.05, 3.63) is 83.1 Å². The Bertz CT molecular complexity index is 1120. The molecule has 0 aliphatic heterocycles. The number of halogens is 1. The summed E-state index contributed by atoms with van der Waals surface area (Å²) in [5.41, 5.74) is 0.717. The van der Waals surface area contributed by atoms with E-state index in [1.807, 2.05) is 0 Å². The molecule has 0 aliphatic carbocycles. The third-order valence-corrected chi connectivity index (χ3v) is 6.55. The number of hydrogen-bond donors (Lipinski definition) is 1. The minimum absolute atomic E-state index is 0.114. The van der Waals surface area contributed by atoms with E-state index in [2.05, 4.69) is 23.6 Å². The summed E-state index contributed by atoms with van der Waals surface area (Å²) in [6.07, 6.45) is 3.00. The molecule has 0 bridgehead atoms. The fourth-order valence-corrected chi connectivity index (χ4v) is 4.71. The van der Waals surface area contributed by atoms with Crippen LogP contribution < -0.4 is 4.72 Å². The van der Waals surface area contributed by atoms with Gasteiger partial charge in [0.15, 0.2) is 5.78 Å². The zero-order valence-corrected chi connectivity index (χ0v) is 18.2. The smallest absolute Gasteiger partial charge is 0.261 e. The van der Waals surface area contributed by atoms with Gasteiger partial charge in [-0.3, -0.25) is 14.5 Å². The second kappa shape index (κ2) is 8.98. The molecule has 0 amide bonds. The molecule has 0 saturated carbocycles. The van der Waals surface area contributed by atoms with Gasteiger partial charge in [0, 0.05) is 38.7 Å². The molecular formula is C21H19ClN2O3S2. The van der Waals surface area contributed by atoms with Crippen molar-refractivity contribution in [2.24, 2.45) is 0 Å². The molecule has 0 unspecified atom stereocenters. The standard InChI is InChI=1S/C21H19ClN2O3S2/c1-14(2)28-17-4-6-18(7-5-17)29(26,27)24-20-8-3-16(22)13-19(20)21(25)15-9-11-23-12-10-15/h3-14,24H,1-2H3. The van der Waals surface area contributed by atoms with Crippen molar-refractivity contribution in [2.75, 3.05) is 4.72 Å². The monoisotopic (exact) mass is 446 g/mol. The van der Waals surface area contributed by atoms with E-state index < -0.39 is 10.0 Å². The lowest BCUT2D eigenvalue weighted by Crippen LogP contribution is -2.16. The van der Waals surface area contributed by atoms with Crippen LogP contribution in [-0.2, 0) is 10.0 Å². The van der Waals surface area contributed by atoms with E-state index in [-0.39, 0.29) is 21.9 Å². The third kappa shape index (κ3) is 5.38. The summed E-state index contributed by atoms with van der Waals surface area (Å²) < 4.78 is 28.2. The Hall–Kier alpha value is -2.35. The van der Waals surface area contributed by atoms with Gasteiger partial charge in [-0.15, -0.1) is 11.8 Å². The predicted octanol–water partition coefficient (Wildman–Crippen LogP) is 5.27. The first kappa shape index (κ1) is 21.4. The number of hydrogen-bond acceptors (Lipinski definition) is 5. The second-order valence-corrected chi connectivity index (χ2v) is 10.3. The predicted molar refractivity (Wildman–Crippen MR) is 117 cm³/mol. The molecule has 1 aromatic heterocycles. The average molecular weight is 447 g/mol. The molecule has 3 aromatic rings. The number of ketones is 1. The molecule has 0 radical (unpaired) electrons. The van der Waals surface area contributed by atoms with Gasteiger partial charge in [0.25, 0.3) is 10.0 Å². The molecule has 0 fully saturated rings. The molecule has 0 aliphatic rings. The van der Waals surface area contributed by atoms with Crippen molar-refractivity contribution >= 4 is 44.9 Å². The highest BCUT2D eigenvalue weighted by atomic mass is 35.5. The van der Waals surface area contributed by atoms with Crippen LogP contribution in [0.3, 0.4) is 0 Å². The number of thioether (sulfide) groups is 1. The molecule has 3 rings (SSSR count). The summed E-state index contributed by atoms with van der Waals surface area (Å²) in [7, 11) is -3.88. The van der Waals surface area contributed by atoms with Crippen molar-refractivity contribution in [3.63, 3.8) is 0 Å². The molecular weight excluding hydrogens is 428 g/mol. The topological polar surface area (TPSA) is 76.1 Å². The summed E-state index contributed by atoms with van der Waals surface area (Å²) in [5, 5.41) is 0.729. The average Bonchev–Trinajstić information content (AvgIpc) is 2.69. The van der Waals surface area contributed by atoms with Gasteiger partial charge in [-0.05, 0) is 54.6 Å². The molecule has 0 atom stereocenters. The Kier molecular flexibility index (Phi) is 6.62. The van der Waals surface area contributed by atoms with Crippen LogP contribution >= 0.6 is 23.4 Å². The van der Waals surface area contributed by atoms with E-state index in [0.717, 1.165) is 4.90 Å². The maximum Gasteiger partial charge on any atom is 0.261 e. The van der Waals surface area contributed by atoms with E-state index in [1.165, 1.54) is 30.6 Å². The Morgan fingerprint density at radius 1 is 1.03 bits per heavy atom. The molecule has 8 heteroatoms. The van der Waals surface area contributed by atoms with E-state index >= 15 is 0 Å². The number of nitrogens with one attached hydrogen (secondary N) is 1. The first-order chi connectivity index (χ1) is 13.8. The van der Waals surface area contributed by atoms with E-state index in [0.29, 0.717) is 15.8 Å².